The molecule has 5 nitrogen and oxygen atoms in total. The number of nitrogens with two attached hydrogens (primary N) is 1. The van der Waals surface area contributed by atoms with E-state index >= 15 is 0 Å². The number of hydrogen-bond donors (Lipinski definition) is 2. The summed E-state index contributed by atoms with van der Waals surface area (Å²) in [6.07, 6.45) is 3.77. The summed E-state index contributed by atoms with van der Waals surface area (Å²) in [5.74, 6) is -0.166. The molecular formula is C11H22ClN3O2. The normalized spacial score (nSPS) is 17.1. The molecule has 3 N–H and O–H groups in total. The van der Waals surface area contributed by atoms with Crippen LogP contribution in [0.3, 0.4) is 0 Å². The number of likely N-dealkylation sites (N-methyl/N-ethyl adjacent to an activating group) is 1. The Bertz CT molecular complexity index is 276. The van der Waals surface area contributed by atoms with Gasteiger partial charge in [-0.25, -0.2) is 0 Å². The molecule has 0 unspecified atom stereocenters. The average molecular weight is 264 g/mol. The number of halogens is 1. The van der Waals surface area contributed by atoms with Crippen LogP contribution in [0.5, 0.6) is 0 Å². The molecule has 1 rings (SSSR count). The molecule has 1 saturated carbocycles. The Morgan fingerprint density at radius 2 is 1.82 bits per heavy atom. The van der Waals surface area contributed by atoms with Crippen molar-refractivity contribution in [3.05, 3.63) is 0 Å². The molecule has 1 aliphatic carbocycles. The summed E-state index contributed by atoms with van der Waals surface area (Å²) in [7, 11) is 3.34. The zero-order valence-electron chi connectivity index (χ0n) is 10.5. The van der Waals surface area contributed by atoms with E-state index in [4.69, 9.17) is 5.73 Å². The van der Waals surface area contributed by atoms with Gasteiger partial charge in [0.1, 0.15) is 0 Å². The molecule has 0 spiro atoms. The molecule has 0 bridgehead atoms. The van der Waals surface area contributed by atoms with Gasteiger partial charge in [0.15, 0.2) is 0 Å². The summed E-state index contributed by atoms with van der Waals surface area (Å²) < 4.78 is 0. The lowest BCUT2D eigenvalue weighted by Crippen LogP contribution is -2.47. The van der Waals surface area contributed by atoms with E-state index in [1.165, 1.54) is 4.90 Å². The van der Waals surface area contributed by atoms with Crippen LogP contribution in [0.2, 0.25) is 0 Å². The van der Waals surface area contributed by atoms with Crippen LogP contribution in [0.25, 0.3) is 0 Å². The van der Waals surface area contributed by atoms with Gasteiger partial charge in [-0.1, -0.05) is 12.8 Å². The number of rotatable bonds is 4. The smallest absolute Gasteiger partial charge is 0.241 e. The van der Waals surface area contributed by atoms with Crippen LogP contribution < -0.4 is 11.1 Å². The van der Waals surface area contributed by atoms with E-state index in [2.05, 4.69) is 5.32 Å². The Kier molecular flexibility index (Phi) is 6.49. The Labute approximate surface area is 109 Å². The third kappa shape index (κ3) is 3.85. The van der Waals surface area contributed by atoms with Gasteiger partial charge in [0.25, 0.3) is 0 Å². The highest BCUT2D eigenvalue weighted by Crippen LogP contribution is 2.37. The molecule has 0 heterocycles. The molecule has 6 heteroatoms. The Hall–Kier alpha value is -0.810. The minimum Gasteiger partial charge on any atom is -0.347 e. The molecule has 1 aliphatic rings. The monoisotopic (exact) mass is 263 g/mol. The van der Waals surface area contributed by atoms with E-state index in [9.17, 15) is 9.59 Å². The number of hydrogen-bond acceptors (Lipinski definition) is 3. The van der Waals surface area contributed by atoms with Crippen molar-refractivity contribution in [2.24, 2.45) is 11.1 Å². The topological polar surface area (TPSA) is 75.4 Å². The van der Waals surface area contributed by atoms with Crippen molar-refractivity contribution in [3.63, 3.8) is 0 Å². The lowest BCUT2D eigenvalue weighted by Gasteiger charge is -2.25. The first-order chi connectivity index (χ1) is 7.52. The van der Waals surface area contributed by atoms with Gasteiger partial charge in [0, 0.05) is 20.6 Å². The van der Waals surface area contributed by atoms with Gasteiger partial charge < -0.3 is 16.0 Å². The Morgan fingerprint density at radius 3 is 2.24 bits per heavy atom. The van der Waals surface area contributed by atoms with Gasteiger partial charge in [-0.05, 0) is 12.8 Å². The van der Waals surface area contributed by atoms with E-state index in [1.807, 2.05) is 0 Å². The van der Waals surface area contributed by atoms with Crippen molar-refractivity contribution in [3.8, 4) is 0 Å². The van der Waals surface area contributed by atoms with Crippen LogP contribution >= 0.6 is 12.4 Å². The van der Waals surface area contributed by atoms with Crippen LogP contribution in [0.1, 0.15) is 25.7 Å². The fourth-order valence-corrected chi connectivity index (χ4v) is 2.08. The van der Waals surface area contributed by atoms with Crippen molar-refractivity contribution in [1.82, 2.24) is 10.2 Å². The molecule has 100 valence electrons. The quantitative estimate of drug-likeness (QED) is 0.757. The number of carbonyl (C=O) groups excluding carboxylic acids is 2. The zero-order valence-corrected chi connectivity index (χ0v) is 11.3. The average Bonchev–Trinajstić information content (AvgIpc) is 2.74. The van der Waals surface area contributed by atoms with Crippen molar-refractivity contribution < 1.29 is 9.59 Å². The third-order valence-electron chi connectivity index (χ3n) is 3.33. The van der Waals surface area contributed by atoms with Crippen molar-refractivity contribution in [2.75, 3.05) is 27.2 Å². The van der Waals surface area contributed by atoms with Gasteiger partial charge in [-0.2, -0.15) is 0 Å². The molecular weight excluding hydrogens is 242 g/mol. The molecule has 0 aromatic rings. The maximum Gasteiger partial charge on any atom is 0.241 e. The third-order valence-corrected chi connectivity index (χ3v) is 3.33. The van der Waals surface area contributed by atoms with Crippen molar-refractivity contribution >= 4 is 24.2 Å². The van der Waals surface area contributed by atoms with Gasteiger partial charge in [0.05, 0.1) is 12.0 Å². The molecule has 2 amide bonds. The van der Waals surface area contributed by atoms with Gasteiger partial charge in [0.2, 0.25) is 11.8 Å². The molecule has 0 aliphatic heterocycles. The predicted molar refractivity (Wildman–Crippen MR) is 68.9 cm³/mol. The van der Waals surface area contributed by atoms with Crippen LogP contribution in [0, 0.1) is 5.41 Å². The molecule has 0 aromatic carbocycles. The maximum absolute atomic E-state index is 12.0. The van der Waals surface area contributed by atoms with Crippen LogP contribution in [-0.4, -0.2) is 43.9 Å². The van der Waals surface area contributed by atoms with Crippen molar-refractivity contribution in [1.29, 1.82) is 0 Å². The van der Waals surface area contributed by atoms with E-state index < -0.39 is 5.41 Å². The summed E-state index contributed by atoms with van der Waals surface area (Å²) in [6, 6.07) is 0. The van der Waals surface area contributed by atoms with E-state index in [1.54, 1.807) is 14.1 Å². The fraction of sp³-hybridized carbons (Fsp3) is 0.818. The highest BCUT2D eigenvalue weighted by Gasteiger charge is 2.39. The second kappa shape index (κ2) is 6.81. The highest BCUT2D eigenvalue weighted by atomic mass is 35.5. The summed E-state index contributed by atoms with van der Waals surface area (Å²) in [4.78, 5) is 24.8. The summed E-state index contributed by atoms with van der Waals surface area (Å²) in [5.41, 5.74) is 5.26. The zero-order chi connectivity index (χ0) is 12.2. The molecule has 0 radical (unpaired) electrons. The van der Waals surface area contributed by atoms with E-state index in [0.717, 1.165) is 25.7 Å². The summed E-state index contributed by atoms with van der Waals surface area (Å²) in [5, 5.41) is 2.69. The number of carbonyl (C=O) groups is 2. The van der Waals surface area contributed by atoms with Crippen LogP contribution in [0.4, 0.5) is 0 Å². The molecule has 0 atom stereocenters. The van der Waals surface area contributed by atoms with E-state index in [-0.39, 0.29) is 30.8 Å². The van der Waals surface area contributed by atoms with Crippen LogP contribution in [0.15, 0.2) is 0 Å². The molecule has 1 fully saturated rings. The molecule has 0 aromatic heterocycles. The van der Waals surface area contributed by atoms with Gasteiger partial charge >= 0.3 is 0 Å². The standard InChI is InChI=1S/C11H21N3O2.ClH/c1-14(2)9(15)7-13-10(16)11(8-12)5-3-4-6-11;/h3-8,12H2,1-2H3,(H,13,16);1H. The van der Waals surface area contributed by atoms with E-state index in [0.29, 0.717) is 6.54 Å². The lowest BCUT2D eigenvalue weighted by atomic mass is 9.85. The van der Waals surface area contributed by atoms with Gasteiger partial charge in [-0.15, -0.1) is 12.4 Å². The predicted octanol–water partition coefficient (Wildman–Crippen LogP) is 0.132. The fourth-order valence-electron chi connectivity index (χ4n) is 2.08. The maximum atomic E-state index is 12.0. The first-order valence-corrected chi connectivity index (χ1v) is 5.70. The summed E-state index contributed by atoms with van der Waals surface area (Å²) >= 11 is 0. The van der Waals surface area contributed by atoms with Crippen molar-refractivity contribution in [2.45, 2.75) is 25.7 Å². The molecule has 0 saturated heterocycles. The second-order valence-electron chi connectivity index (χ2n) is 4.66. The lowest BCUT2D eigenvalue weighted by molar-refractivity contribution is -0.135. The Morgan fingerprint density at radius 1 is 1.29 bits per heavy atom. The minimum atomic E-state index is -0.424. The largest absolute Gasteiger partial charge is 0.347 e. The highest BCUT2D eigenvalue weighted by molar-refractivity contribution is 5.88. The number of nitrogens with one attached hydrogen (secondary N) is 1. The van der Waals surface area contributed by atoms with Gasteiger partial charge in [-0.3, -0.25) is 9.59 Å². The van der Waals surface area contributed by atoms with Crippen LogP contribution in [-0.2, 0) is 9.59 Å². The number of nitrogens with zero attached hydrogens (tertiary/aromatic N) is 1. The second-order valence-corrected chi connectivity index (χ2v) is 4.66. The number of amides is 2. The summed E-state index contributed by atoms with van der Waals surface area (Å²) in [6.45, 7) is 0.433. The SMILES string of the molecule is CN(C)C(=O)CNC(=O)C1(CN)CCCC1.Cl. The minimum absolute atomic E-state index is 0. The Balaban J connectivity index is 0.00000256. The first-order valence-electron chi connectivity index (χ1n) is 5.70. The first kappa shape index (κ1) is 16.2. The molecule has 17 heavy (non-hydrogen) atoms.